The van der Waals surface area contributed by atoms with Crippen molar-refractivity contribution < 1.29 is 5.11 Å². The summed E-state index contributed by atoms with van der Waals surface area (Å²) in [6.45, 7) is 0.952. The summed E-state index contributed by atoms with van der Waals surface area (Å²) in [5, 5.41) is 13.8. The summed E-state index contributed by atoms with van der Waals surface area (Å²) in [7, 11) is 0. The van der Waals surface area contributed by atoms with E-state index in [1.54, 1.807) is 12.4 Å². The number of rotatable bonds is 4. The van der Waals surface area contributed by atoms with Crippen LogP contribution in [0.15, 0.2) is 23.3 Å². The number of hydrogen-bond acceptors (Lipinski definition) is 5. The number of imidazole rings is 1. The number of anilines is 1. The Morgan fingerprint density at radius 1 is 1.18 bits per heavy atom. The molecule has 7 rings (SSSR count). The van der Waals surface area contributed by atoms with Crippen molar-refractivity contribution in [3.8, 4) is 5.88 Å². The van der Waals surface area contributed by atoms with Crippen molar-refractivity contribution in [2.75, 3.05) is 11.9 Å². The highest BCUT2D eigenvalue weighted by Crippen LogP contribution is 2.59. The second-order valence-electron chi connectivity index (χ2n) is 9.33. The van der Waals surface area contributed by atoms with Gasteiger partial charge in [0, 0.05) is 30.1 Å². The molecule has 5 aliphatic rings. The van der Waals surface area contributed by atoms with Gasteiger partial charge in [0.1, 0.15) is 5.69 Å². The van der Waals surface area contributed by atoms with Crippen molar-refractivity contribution in [3.63, 3.8) is 0 Å². The quantitative estimate of drug-likeness (QED) is 0.739. The van der Waals surface area contributed by atoms with Crippen LogP contribution in [0.25, 0.3) is 11.6 Å². The largest absolute Gasteiger partial charge is 0.492 e. The summed E-state index contributed by atoms with van der Waals surface area (Å²) in [5.41, 5.74) is 2.93. The van der Waals surface area contributed by atoms with Crippen molar-refractivity contribution in [1.82, 2.24) is 15.0 Å². The summed E-state index contributed by atoms with van der Waals surface area (Å²) in [5.74, 6) is 4.21. The summed E-state index contributed by atoms with van der Waals surface area (Å²) < 4.78 is 0. The molecular weight excluding hydrogens is 350 g/mol. The molecule has 0 radical (unpaired) electrons. The van der Waals surface area contributed by atoms with Crippen molar-refractivity contribution in [2.45, 2.75) is 38.5 Å². The summed E-state index contributed by atoms with van der Waals surface area (Å²) in [6, 6.07) is 3.88. The molecule has 0 atom stereocenters. The van der Waals surface area contributed by atoms with E-state index in [-0.39, 0.29) is 5.88 Å². The zero-order valence-corrected chi connectivity index (χ0v) is 15.9. The summed E-state index contributed by atoms with van der Waals surface area (Å²) in [6.07, 6.45) is 13.8. The fourth-order valence-electron chi connectivity index (χ4n) is 6.54. The van der Waals surface area contributed by atoms with E-state index >= 15 is 0 Å². The Labute approximate surface area is 164 Å². The molecule has 2 aromatic heterocycles. The molecule has 6 nitrogen and oxygen atoms in total. The highest BCUT2D eigenvalue weighted by atomic mass is 16.3. The third-order valence-electron chi connectivity index (χ3n) is 7.23. The highest BCUT2D eigenvalue weighted by molar-refractivity contribution is 6.20. The molecule has 1 aliphatic heterocycles. The number of hydrogen-bond donors (Lipinski definition) is 3. The Kier molecular flexibility index (Phi) is 3.46. The van der Waals surface area contributed by atoms with Gasteiger partial charge >= 0.3 is 0 Å². The normalized spacial score (nSPS) is 33.6. The molecular formula is C22H25N5O. The smallest absolute Gasteiger partial charge is 0.238 e. The lowest BCUT2D eigenvalue weighted by atomic mass is 9.49. The Morgan fingerprint density at radius 3 is 2.68 bits per heavy atom. The SMILES string of the molecule is Oc1nc(NCC23CC4CC(CC(C4)C2)C3)[nH]c1C=C1C=Nc2ncccc21. The minimum absolute atomic E-state index is 0.0197. The van der Waals surface area contributed by atoms with Gasteiger partial charge in [0.15, 0.2) is 5.82 Å². The molecule has 4 aliphatic carbocycles. The predicted octanol–water partition coefficient (Wildman–Crippen LogP) is 4.40. The number of aliphatic imine (C=N–C) groups is 1. The maximum atomic E-state index is 10.3. The van der Waals surface area contributed by atoms with Crippen LogP contribution in [0.5, 0.6) is 5.88 Å². The molecule has 0 aromatic carbocycles. The van der Waals surface area contributed by atoms with Gasteiger partial charge in [-0.1, -0.05) is 0 Å². The molecule has 28 heavy (non-hydrogen) atoms. The van der Waals surface area contributed by atoms with Gasteiger partial charge in [0.2, 0.25) is 11.8 Å². The number of fused-ring (bicyclic) bond motifs is 1. The number of allylic oxidation sites excluding steroid dienone is 1. The van der Waals surface area contributed by atoms with E-state index in [0.29, 0.717) is 22.9 Å². The van der Waals surface area contributed by atoms with Gasteiger partial charge in [-0.05, 0) is 79.9 Å². The number of aromatic hydroxyl groups is 1. The average Bonchev–Trinajstić information content (AvgIpc) is 3.23. The Morgan fingerprint density at radius 2 is 1.93 bits per heavy atom. The van der Waals surface area contributed by atoms with Crippen LogP contribution in [0.3, 0.4) is 0 Å². The molecule has 4 fully saturated rings. The van der Waals surface area contributed by atoms with E-state index in [9.17, 15) is 5.11 Å². The lowest BCUT2D eigenvalue weighted by Gasteiger charge is -2.56. The first-order valence-corrected chi connectivity index (χ1v) is 10.4. The van der Waals surface area contributed by atoms with Crippen molar-refractivity contribution in [2.24, 2.45) is 28.2 Å². The fourth-order valence-corrected chi connectivity index (χ4v) is 6.54. The van der Waals surface area contributed by atoms with E-state index in [1.807, 2.05) is 18.2 Å². The number of H-pyrrole nitrogens is 1. The molecule has 4 saturated carbocycles. The molecule has 0 spiro atoms. The van der Waals surface area contributed by atoms with Crippen LogP contribution < -0.4 is 5.32 Å². The van der Waals surface area contributed by atoms with Crippen LogP contribution in [0, 0.1) is 23.2 Å². The number of aromatic nitrogens is 3. The first-order chi connectivity index (χ1) is 13.7. The molecule has 0 saturated heterocycles. The topological polar surface area (TPSA) is 86.2 Å². The van der Waals surface area contributed by atoms with Crippen LogP contribution in [-0.4, -0.2) is 32.8 Å². The van der Waals surface area contributed by atoms with Crippen LogP contribution in [-0.2, 0) is 0 Å². The van der Waals surface area contributed by atoms with Gasteiger partial charge in [-0.25, -0.2) is 9.98 Å². The van der Waals surface area contributed by atoms with E-state index in [4.69, 9.17) is 0 Å². The van der Waals surface area contributed by atoms with Crippen molar-refractivity contribution >= 4 is 29.6 Å². The Bertz CT molecular complexity index is 953. The van der Waals surface area contributed by atoms with Gasteiger partial charge in [0.25, 0.3) is 0 Å². The highest BCUT2D eigenvalue weighted by Gasteiger charge is 2.50. The maximum absolute atomic E-state index is 10.3. The lowest BCUT2D eigenvalue weighted by Crippen LogP contribution is -2.49. The standard InChI is InChI=1S/C22H25N5O/c28-20-18(7-16-11-24-19-17(16)2-1-3-23-19)26-21(27-20)25-12-22-8-13-4-14(9-22)6-15(5-13)10-22/h1-3,7,11,13-15,28H,4-6,8-10,12H2,(H2,25,26,27). The first-order valence-electron chi connectivity index (χ1n) is 10.4. The molecule has 3 N–H and O–H groups in total. The number of nitrogens with one attached hydrogen (secondary N) is 2. The monoisotopic (exact) mass is 375 g/mol. The van der Waals surface area contributed by atoms with Gasteiger partial charge < -0.3 is 15.4 Å². The molecule has 3 heterocycles. The van der Waals surface area contributed by atoms with Gasteiger partial charge in [-0.2, -0.15) is 4.98 Å². The molecule has 0 unspecified atom stereocenters. The third-order valence-corrected chi connectivity index (χ3v) is 7.23. The number of nitrogens with zero attached hydrogens (tertiary/aromatic N) is 3. The molecule has 0 amide bonds. The second-order valence-corrected chi connectivity index (χ2v) is 9.33. The van der Waals surface area contributed by atoms with Crippen molar-refractivity contribution in [1.29, 1.82) is 0 Å². The molecule has 2 aromatic rings. The zero-order valence-electron chi connectivity index (χ0n) is 15.9. The molecule has 6 heteroatoms. The van der Waals surface area contributed by atoms with Crippen LogP contribution >= 0.6 is 0 Å². The second kappa shape index (κ2) is 5.93. The first kappa shape index (κ1) is 16.3. The minimum atomic E-state index is 0.0197. The van der Waals surface area contributed by atoms with Crippen LogP contribution in [0.2, 0.25) is 0 Å². The lowest BCUT2D eigenvalue weighted by molar-refractivity contribution is -0.0445. The molecule has 144 valence electrons. The average molecular weight is 375 g/mol. The van der Waals surface area contributed by atoms with E-state index in [2.05, 4.69) is 25.3 Å². The van der Waals surface area contributed by atoms with E-state index in [0.717, 1.165) is 35.4 Å². The number of aromatic amines is 1. The van der Waals surface area contributed by atoms with Gasteiger partial charge in [-0.15, -0.1) is 0 Å². The van der Waals surface area contributed by atoms with E-state index < -0.39 is 0 Å². The molecule has 4 bridgehead atoms. The van der Waals surface area contributed by atoms with Gasteiger partial charge in [-0.3, -0.25) is 0 Å². The zero-order chi connectivity index (χ0) is 18.7. The minimum Gasteiger partial charge on any atom is -0.492 e. The van der Waals surface area contributed by atoms with Gasteiger partial charge in [0.05, 0.1) is 0 Å². The third kappa shape index (κ3) is 2.65. The maximum Gasteiger partial charge on any atom is 0.238 e. The van der Waals surface area contributed by atoms with Crippen molar-refractivity contribution in [3.05, 3.63) is 29.6 Å². The Balaban J connectivity index is 1.20. The van der Waals surface area contributed by atoms with E-state index in [1.165, 1.54) is 38.5 Å². The number of pyridine rings is 1. The predicted molar refractivity (Wildman–Crippen MR) is 110 cm³/mol. The van der Waals surface area contributed by atoms with Crippen LogP contribution in [0.1, 0.15) is 49.8 Å². The Hall–Kier alpha value is -2.63. The van der Waals surface area contributed by atoms with Crippen LogP contribution in [0.4, 0.5) is 11.8 Å². The fraction of sp³-hybridized carbons (Fsp3) is 0.500. The summed E-state index contributed by atoms with van der Waals surface area (Å²) in [4.78, 5) is 16.1. The summed E-state index contributed by atoms with van der Waals surface area (Å²) >= 11 is 0.